The lowest BCUT2D eigenvalue weighted by Gasteiger charge is -2.07. The summed E-state index contributed by atoms with van der Waals surface area (Å²) >= 11 is 3.44. The lowest BCUT2D eigenvalue weighted by atomic mass is 10.2. The first-order chi connectivity index (χ1) is 10.5. The van der Waals surface area contributed by atoms with Gasteiger partial charge in [0.05, 0.1) is 28.5 Å². The van der Waals surface area contributed by atoms with Gasteiger partial charge in [0.25, 0.3) is 0 Å². The van der Waals surface area contributed by atoms with E-state index in [2.05, 4.69) is 20.9 Å². The first kappa shape index (κ1) is 16.3. The van der Waals surface area contributed by atoms with Crippen molar-refractivity contribution in [3.8, 4) is 0 Å². The first-order valence-corrected chi connectivity index (χ1v) is 7.58. The van der Waals surface area contributed by atoms with E-state index < -0.39 is 0 Å². The molecule has 0 unspecified atom stereocenters. The summed E-state index contributed by atoms with van der Waals surface area (Å²) in [4.78, 5) is 17.8. The van der Waals surface area contributed by atoms with Crippen molar-refractivity contribution in [2.75, 3.05) is 25.6 Å². The molecule has 2 aromatic rings. The molecule has 0 bridgehead atoms. The Kier molecular flexibility index (Phi) is 5.38. The second kappa shape index (κ2) is 7.26. The summed E-state index contributed by atoms with van der Waals surface area (Å²) in [6.07, 6.45) is 1.64. The molecule has 0 N–H and O–H groups in total. The van der Waals surface area contributed by atoms with Crippen LogP contribution in [0.15, 0.2) is 44.2 Å². The summed E-state index contributed by atoms with van der Waals surface area (Å²) in [6.45, 7) is 2.14. The van der Waals surface area contributed by atoms with Gasteiger partial charge in [0.2, 0.25) is 5.88 Å². The topological polar surface area (TPSA) is 55.0 Å². The number of benzene rings is 1. The van der Waals surface area contributed by atoms with E-state index in [1.807, 2.05) is 25.1 Å². The molecule has 116 valence electrons. The number of anilines is 1. The fourth-order valence-electron chi connectivity index (χ4n) is 1.78. The summed E-state index contributed by atoms with van der Waals surface area (Å²) in [5, 5.41) is 0. The van der Waals surface area contributed by atoms with Crippen LogP contribution in [0.5, 0.6) is 0 Å². The molecule has 1 aromatic carbocycles. The highest BCUT2D eigenvalue weighted by Gasteiger charge is 2.09. The lowest BCUT2D eigenvalue weighted by molar-refractivity contribution is 0.0526. The zero-order valence-electron chi connectivity index (χ0n) is 12.7. The Hall–Kier alpha value is -2.08. The quantitative estimate of drug-likeness (QED) is 0.593. The number of hydrogen-bond acceptors (Lipinski definition) is 5. The molecule has 0 amide bonds. The van der Waals surface area contributed by atoms with Gasteiger partial charge in [-0.2, -0.15) is 0 Å². The first-order valence-electron chi connectivity index (χ1n) is 6.79. The maximum absolute atomic E-state index is 11.6. The molecule has 2 rings (SSSR count). The molecular weight excluding hydrogens is 348 g/mol. The van der Waals surface area contributed by atoms with Crippen molar-refractivity contribution in [3.05, 3.63) is 46.1 Å². The average Bonchev–Trinajstić information content (AvgIpc) is 2.87. The monoisotopic (exact) mass is 364 g/mol. The smallest absolute Gasteiger partial charge is 0.338 e. The van der Waals surface area contributed by atoms with Crippen molar-refractivity contribution in [1.82, 2.24) is 0 Å². The number of ether oxygens (including phenoxy) is 1. The van der Waals surface area contributed by atoms with Gasteiger partial charge in [0.15, 0.2) is 0 Å². The SMILES string of the molecule is CCOC(=O)c1ccc(N=Cc2cc(Br)c(N(C)C)o2)cc1. The third-order valence-corrected chi connectivity index (χ3v) is 3.38. The Morgan fingerprint density at radius 1 is 1.36 bits per heavy atom. The average molecular weight is 365 g/mol. The highest BCUT2D eigenvalue weighted by atomic mass is 79.9. The van der Waals surface area contributed by atoms with Crippen LogP contribution < -0.4 is 4.90 Å². The number of rotatable bonds is 5. The van der Waals surface area contributed by atoms with Crippen molar-refractivity contribution in [1.29, 1.82) is 0 Å². The highest BCUT2D eigenvalue weighted by molar-refractivity contribution is 9.10. The molecule has 0 atom stereocenters. The van der Waals surface area contributed by atoms with E-state index in [1.165, 1.54) is 0 Å². The molecule has 22 heavy (non-hydrogen) atoms. The van der Waals surface area contributed by atoms with Crippen molar-refractivity contribution >= 4 is 39.7 Å². The third-order valence-electron chi connectivity index (χ3n) is 2.81. The number of esters is 1. The minimum atomic E-state index is -0.330. The third kappa shape index (κ3) is 3.98. The summed E-state index contributed by atoms with van der Waals surface area (Å²) in [6, 6.07) is 8.74. The van der Waals surface area contributed by atoms with Crippen LogP contribution in [0.1, 0.15) is 23.0 Å². The van der Waals surface area contributed by atoms with Gasteiger partial charge < -0.3 is 14.1 Å². The number of furan rings is 1. The molecule has 0 aliphatic rings. The van der Waals surface area contributed by atoms with Crippen LogP contribution >= 0.6 is 15.9 Å². The summed E-state index contributed by atoms with van der Waals surface area (Å²) in [7, 11) is 3.80. The molecule has 0 fully saturated rings. The Labute approximate surface area is 137 Å². The minimum absolute atomic E-state index is 0.330. The second-order valence-corrected chi connectivity index (χ2v) is 5.58. The van der Waals surface area contributed by atoms with Gasteiger partial charge in [-0.15, -0.1) is 0 Å². The minimum Gasteiger partial charge on any atom is -0.462 e. The molecule has 0 radical (unpaired) electrons. The molecule has 1 heterocycles. The normalized spacial score (nSPS) is 10.9. The summed E-state index contributed by atoms with van der Waals surface area (Å²) < 4.78 is 11.5. The fraction of sp³-hybridized carbons (Fsp3) is 0.250. The van der Waals surface area contributed by atoms with E-state index in [0.717, 1.165) is 16.0 Å². The van der Waals surface area contributed by atoms with E-state index in [0.29, 0.717) is 17.9 Å². The van der Waals surface area contributed by atoms with Crippen LogP contribution in [0.4, 0.5) is 11.6 Å². The molecule has 0 saturated heterocycles. The van der Waals surface area contributed by atoms with E-state index in [9.17, 15) is 4.79 Å². The highest BCUT2D eigenvalue weighted by Crippen LogP contribution is 2.28. The largest absolute Gasteiger partial charge is 0.462 e. The number of halogens is 1. The molecule has 0 aliphatic carbocycles. The Morgan fingerprint density at radius 3 is 2.59 bits per heavy atom. The van der Waals surface area contributed by atoms with Gasteiger partial charge in [-0.3, -0.25) is 4.99 Å². The van der Waals surface area contributed by atoms with Gasteiger partial charge in [-0.1, -0.05) is 0 Å². The molecule has 0 spiro atoms. The summed E-state index contributed by atoms with van der Waals surface area (Å²) in [5.41, 5.74) is 1.24. The van der Waals surface area contributed by atoms with Crippen molar-refractivity contribution < 1.29 is 13.9 Å². The molecular formula is C16H17BrN2O3. The number of carbonyl (C=O) groups excluding carboxylic acids is 1. The standard InChI is InChI=1S/C16H17BrN2O3/c1-4-21-16(20)11-5-7-12(8-6-11)18-10-13-9-14(17)15(22-13)19(2)3/h5-10H,4H2,1-3H3. The Bertz CT molecular complexity index is 675. The maximum Gasteiger partial charge on any atom is 0.338 e. The second-order valence-electron chi connectivity index (χ2n) is 4.72. The van der Waals surface area contributed by atoms with E-state index >= 15 is 0 Å². The number of nitrogens with zero attached hydrogens (tertiary/aromatic N) is 2. The number of aliphatic imine (C=N–C) groups is 1. The van der Waals surface area contributed by atoms with Gasteiger partial charge in [-0.05, 0) is 47.1 Å². The van der Waals surface area contributed by atoms with Gasteiger partial charge in [-0.25, -0.2) is 4.79 Å². The van der Waals surface area contributed by atoms with Crippen LogP contribution in [-0.4, -0.2) is 32.9 Å². The fourth-order valence-corrected chi connectivity index (χ4v) is 2.44. The van der Waals surface area contributed by atoms with Gasteiger partial charge >= 0.3 is 5.97 Å². The van der Waals surface area contributed by atoms with Crippen molar-refractivity contribution in [2.45, 2.75) is 6.92 Å². The predicted molar refractivity (Wildman–Crippen MR) is 90.4 cm³/mol. The number of hydrogen-bond donors (Lipinski definition) is 0. The van der Waals surface area contributed by atoms with E-state index in [1.54, 1.807) is 37.4 Å². The lowest BCUT2D eigenvalue weighted by Crippen LogP contribution is -2.07. The summed E-state index contributed by atoms with van der Waals surface area (Å²) in [5.74, 6) is 1.05. The van der Waals surface area contributed by atoms with Crippen LogP contribution in [0, 0.1) is 0 Å². The number of carbonyl (C=O) groups is 1. The van der Waals surface area contributed by atoms with Crippen LogP contribution in [0.3, 0.4) is 0 Å². The Morgan fingerprint density at radius 2 is 2.05 bits per heavy atom. The van der Waals surface area contributed by atoms with Crippen LogP contribution in [0.25, 0.3) is 0 Å². The molecule has 0 aliphatic heterocycles. The van der Waals surface area contributed by atoms with Crippen molar-refractivity contribution in [2.24, 2.45) is 4.99 Å². The van der Waals surface area contributed by atoms with E-state index in [4.69, 9.17) is 9.15 Å². The van der Waals surface area contributed by atoms with Crippen LogP contribution in [0.2, 0.25) is 0 Å². The van der Waals surface area contributed by atoms with Gasteiger partial charge in [0, 0.05) is 20.2 Å². The zero-order valence-corrected chi connectivity index (χ0v) is 14.3. The van der Waals surface area contributed by atoms with Gasteiger partial charge in [0.1, 0.15) is 5.76 Å². The Balaban J connectivity index is 2.10. The van der Waals surface area contributed by atoms with Crippen molar-refractivity contribution in [3.63, 3.8) is 0 Å². The molecule has 5 nitrogen and oxygen atoms in total. The zero-order chi connectivity index (χ0) is 16.1. The van der Waals surface area contributed by atoms with Crippen LogP contribution in [-0.2, 0) is 4.74 Å². The molecule has 6 heteroatoms. The maximum atomic E-state index is 11.6. The van der Waals surface area contributed by atoms with E-state index in [-0.39, 0.29) is 5.97 Å². The molecule has 0 saturated carbocycles. The predicted octanol–water partition coefficient (Wildman–Crippen LogP) is 4.04. The molecule has 1 aromatic heterocycles.